The molecular weight excluding hydrogens is 380 g/mol. The number of ether oxygens (including phenoxy) is 1. The molecule has 3 heterocycles. The van der Waals surface area contributed by atoms with Crippen molar-refractivity contribution in [3.05, 3.63) is 41.5 Å². The van der Waals surface area contributed by atoms with E-state index in [2.05, 4.69) is 20.2 Å². The minimum absolute atomic E-state index is 0. The van der Waals surface area contributed by atoms with Crippen LogP contribution in [0.4, 0.5) is 0 Å². The molecule has 0 spiro atoms. The number of likely N-dealkylation sites (tertiary alicyclic amines) is 1. The highest BCUT2D eigenvalue weighted by Crippen LogP contribution is 2.51. The minimum Gasteiger partial charge on any atom is -0.373 e. The number of amides is 1. The Morgan fingerprint density at radius 2 is 2.07 bits per heavy atom. The van der Waals surface area contributed by atoms with Gasteiger partial charge in [0.2, 0.25) is 0 Å². The zero-order valence-electron chi connectivity index (χ0n) is 16.2. The minimum atomic E-state index is -0.505. The number of nitrogens with two attached hydrogens (primary N) is 1. The summed E-state index contributed by atoms with van der Waals surface area (Å²) in [5.41, 5.74) is 7.49. The van der Waals surface area contributed by atoms with Crippen molar-refractivity contribution in [2.45, 2.75) is 31.4 Å². The fourth-order valence-corrected chi connectivity index (χ4v) is 5.07. The molecule has 2 bridgehead atoms. The Morgan fingerprint density at radius 1 is 1.36 bits per heavy atom. The van der Waals surface area contributed by atoms with E-state index in [9.17, 15) is 4.79 Å². The van der Waals surface area contributed by atoms with Crippen molar-refractivity contribution in [3.63, 3.8) is 0 Å². The van der Waals surface area contributed by atoms with E-state index in [1.165, 1.54) is 6.42 Å². The number of nitrogens with zero attached hydrogens (tertiary/aromatic N) is 5. The molecule has 1 unspecified atom stereocenters. The van der Waals surface area contributed by atoms with E-state index in [-0.39, 0.29) is 12.4 Å². The maximum absolute atomic E-state index is 11.6. The summed E-state index contributed by atoms with van der Waals surface area (Å²) in [5, 5.41) is 8.03. The number of methoxy groups -OCH3 is 1. The highest BCUT2D eigenvalue weighted by atomic mass is 35.5. The summed E-state index contributed by atoms with van der Waals surface area (Å²) in [5.74, 6) is 0.188. The number of hydrogen-bond donors (Lipinski definition) is 1. The molecule has 28 heavy (non-hydrogen) atoms. The molecule has 4 rings (SSSR count). The van der Waals surface area contributed by atoms with Gasteiger partial charge in [0.15, 0.2) is 0 Å². The Kier molecular flexibility index (Phi) is 6.02. The van der Waals surface area contributed by atoms with Gasteiger partial charge in [0.05, 0.1) is 11.9 Å². The molecule has 2 N–H and O–H groups in total. The smallest absolute Gasteiger partial charge is 0.267 e. The lowest BCUT2D eigenvalue weighted by Gasteiger charge is -2.55. The largest absolute Gasteiger partial charge is 0.373 e. The second-order valence-corrected chi connectivity index (χ2v) is 7.66. The van der Waals surface area contributed by atoms with E-state index in [1.807, 2.05) is 30.1 Å². The number of pyridine rings is 1. The third kappa shape index (κ3) is 3.40. The molecule has 2 aliphatic rings. The van der Waals surface area contributed by atoms with Crippen molar-refractivity contribution in [1.29, 1.82) is 0 Å². The van der Waals surface area contributed by atoms with E-state index in [1.54, 1.807) is 13.3 Å². The highest BCUT2D eigenvalue weighted by molar-refractivity contribution is 5.90. The summed E-state index contributed by atoms with van der Waals surface area (Å²) in [6.45, 7) is 2.70. The standard InChI is InChI=1S/C19H26N6O2.ClH/c1-24-16(9-22-23-24)12-25-10-14-4-3-5-15(11-25)19(14,27-2)13-6-7-21-17(8-13)18(20)26;/h6-9,14-15H,3-5,10-12H2,1-2H3,(H2,20,26);1H/t14-,15+,19?;. The topological polar surface area (TPSA) is 99.2 Å². The SMILES string of the molecule is COC1(c2ccnc(C(N)=O)c2)[C@@H]2CCC[C@H]1CN(Cc1cnnn1C)C2.Cl. The number of fused-ring (bicyclic) bond motifs is 2. The fraction of sp³-hybridized carbons (Fsp3) is 0.579. The molecule has 8 nitrogen and oxygen atoms in total. The average Bonchev–Trinajstić information content (AvgIpc) is 3.05. The lowest BCUT2D eigenvalue weighted by molar-refractivity contribution is -0.170. The fourth-order valence-electron chi connectivity index (χ4n) is 5.07. The first-order valence-electron chi connectivity index (χ1n) is 9.42. The number of carbonyl (C=O) groups excluding carboxylic acids is 1. The van der Waals surface area contributed by atoms with Gasteiger partial charge in [-0.2, -0.15) is 0 Å². The van der Waals surface area contributed by atoms with Crippen LogP contribution in [0.3, 0.4) is 0 Å². The predicted molar refractivity (Wildman–Crippen MR) is 106 cm³/mol. The number of carbonyl (C=O) groups is 1. The Balaban J connectivity index is 0.00000225. The van der Waals surface area contributed by atoms with E-state index >= 15 is 0 Å². The van der Waals surface area contributed by atoms with E-state index < -0.39 is 11.5 Å². The van der Waals surface area contributed by atoms with Gasteiger partial charge in [-0.25, -0.2) is 0 Å². The third-order valence-electron chi connectivity index (χ3n) is 6.27. The Hall–Kier alpha value is -2.03. The van der Waals surface area contributed by atoms with Crippen LogP contribution in [0.25, 0.3) is 0 Å². The van der Waals surface area contributed by atoms with Crippen molar-refractivity contribution >= 4 is 18.3 Å². The molecule has 0 radical (unpaired) electrons. The van der Waals surface area contributed by atoms with Crippen LogP contribution in [-0.4, -0.2) is 51.0 Å². The number of primary amides is 1. The van der Waals surface area contributed by atoms with Gasteiger partial charge in [-0.15, -0.1) is 17.5 Å². The first-order chi connectivity index (χ1) is 13.0. The molecule has 1 saturated heterocycles. The van der Waals surface area contributed by atoms with Gasteiger partial charge in [0, 0.05) is 51.8 Å². The van der Waals surface area contributed by atoms with Crippen molar-refractivity contribution in [3.8, 4) is 0 Å². The van der Waals surface area contributed by atoms with Gasteiger partial charge in [0.1, 0.15) is 11.3 Å². The van der Waals surface area contributed by atoms with Crippen LogP contribution >= 0.6 is 12.4 Å². The van der Waals surface area contributed by atoms with Gasteiger partial charge in [-0.05, 0) is 30.5 Å². The maximum atomic E-state index is 11.6. The predicted octanol–water partition coefficient (Wildman–Crippen LogP) is 1.50. The van der Waals surface area contributed by atoms with Gasteiger partial charge in [0.25, 0.3) is 5.91 Å². The summed E-state index contributed by atoms with van der Waals surface area (Å²) in [7, 11) is 3.71. The third-order valence-corrected chi connectivity index (χ3v) is 6.27. The Morgan fingerprint density at radius 3 is 2.64 bits per heavy atom. The molecule has 0 aromatic carbocycles. The molecule has 1 aliphatic carbocycles. The molecule has 1 amide bonds. The van der Waals surface area contributed by atoms with Crippen molar-refractivity contribution in [2.24, 2.45) is 24.6 Å². The molecular formula is C19H27ClN6O2. The molecule has 1 saturated carbocycles. The average molecular weight is 407 g/mol. The Labute approximate surface area is 170 Å². The van der Waals surface area contributed by atoms with Crippen LogP contribution in [0.1, 0.15) is 41.0 Å². The summed E-state index contributed by atoms with van der Waals surface area (Å²) in [4.78, 5) is 18.2. The summed E-state index contributed by atoms with van der Waals surface area (Å²) < 4.78 is 8.07. The van der Waals surface area contributed by atoms with Crippen molar-refractivity contribution < 1.29 is 9.53 Å². The lowest BCUT2D eigenvalue weighted by atomic mass is 9.62. The number of rotatable bonds is 5. The zero-order chi connectivity index (χ0) is 19.0. The van der Waals surface area contributed by atoms with Crippen LogP contribution < -0.4 is 5.73 Å². The van der Waals surface area contributed by atoms with Crippen LogP contribution in [0.5, 0.6) is 0 Å². The summed E-state index contributed by atoms with van der Waals surface area (Å²) in [6.07, 6.45) is 6.89. The zero-order valence-corrected chi connectivity index (χ0v) is 17.1. The van der Waals surface area contributed by atoms with Crippen molar-refractivity contribution in [1.82, 2.24) is 24.9 Å². The van der Waals surface area contributed by atoms with Crippen LogP contribution in [0.15, 0.2) is 24.5 Å². The number of aryl methyl sites for hydroxylation is 1. The first kappa shape index (κ1) is 20.7. The summed E-state index contributed by atoms with van der Waals surface area (Å²) >= 11 is 0. The maximum Gasteiger partial charge on any atom is 0.267 e. The second kappa shape index (κ2) is 8.14. The molecule has 2 aromatic heterocycles. The Bertz CT molecular complexity index is 827. The van der Waals surface area contributed by atoms with Gasteiger partial charge in [-0.1, -0.05) is 11.6 Å². The normalized spacial score (nSPS) is 27.2. The lowest BCUT2D eigenvalue weighted by Crippen LogP contribution is -2.58. The quantitative estimate of drug-likeness (QED) is 0.807. The van der Waals surface area contributed by atoms with Crippen LogP contribution in [-0.2, 0) is 23.9 Å². The van der Waals surface area contributed by atoms with Crippen LogP contribution in [0, 0.1) is 11.8 Å². The molecule has 3 atom stereocenters. The van der Waals surface area contributed by atoms with E-state index in [0.29, 0.717) is 17.5 Å². The first-order valence-corrected chi connectivity index (χ1v) is 9.42. The number of aromatic nitrogens is 4. The van der Waals surface area contributed by atoms with Crippen molar-refractivity contribution in [2.75, 3.05) is 20.2 Å². The molecule has 2 aromatic rings. The van der Waals surface area contributed by atoms with E-state index in [4.69, 9.17) is 10.5 Å². The number of halogens is 1. The van der Waals surface area contributed by atoms with Crippen LogP contribution in [0.2, 0.25) is 0 Å². The monoisotopic (exact) mass is 406 g/mol. The number of hydrogen-bond acceptors (Lipinski definition) is 6. The summed E-state index contributed by atoms with van der Waals surface area (Å²) in [6, 6.07) is 3.79. The molecule has 2 fully saturated rings. The van der Waals surface area contributed by atoms with Gasteiger partial charge >= 0.3 is 0 Å². The van der Waals surface area contributed by atoms with Gasteiger partial charge in [-0.3, -0.25) is 19.4 Å². The highest BCUT2D eigenvalue weighted by Gasteiger charge is 2.53. The van der Waals surface area contributed by atoms with E-state index in [0.717, 1.165) is 43.7 Å². The molecule has 1 aliphatic heterocycles. The van der Waals surface area contributed by atoms with Gasteiger partial charge < -0.3 is 10.5 Å². The number of piperidine rings is 1. The molecule has 9 heteroatoms. The second-order valence-electron chi connectivity index (χ2n) is 7.66. The molecule has 152 valence electrons.